The van der Waals surface area contributed by atoms with E-state index in [1.165, 1.54) is 7.11 Å². The zero-order valence-corrected chi connectivity index (χ0v) is 6.24. The Morgan fingerprint density at radius 1 is 1.64 bits per heavy atom. The fraction of sp³-hybridized carbons (Fsp3) is 0.667. The first kappa shape index (κ1) is 8.16. The van der Waals surface area contributed by atoms with Gasteiger partial charge in [0.05, 0.1) is 13.2 Å². The van der Waals surface area contributed by atoms with Crippen molar-refractivity contribution in [3.8, 4) is 0 Å². The van der Waals surface area contributed by atoms with Gasteiger partial charge in [0, 0.05) is 6.42 Å². The number of nitrogens with zero attached hydrogens (tertiary/aromatic N) is 1. The average Bonchev–Trinajstić information content (AvgIpc) is 1.96. The number of hydroxylamine groups is 2. The summed E-state index contributed by atoms with van der Waals surface area (Å²) in [5.74, 6) is -0.397. The minimum absolute atomic E-state index is 0.0169. The maximum atomic E-state index is 11.0. The van der Waals surface area contributed by atoms with Gasteiger partial charge in [0.15, 0.2) is 5.78 Å². The van der Waals surface area contributed by atoms with Crippen LogP contribution in [0, 0.1) is 0 Å². The van der Waals surface area contributed by atoms with Gasteiger partial charge >= 0.3 is 0 Å². The molecule has 0 aromatic carbocycles. The number of carbonyl (C=O) groups is 2. The summed E-state index contributed by atoms with van der Waals surface area (Å²) in [4.78, 5) is 26.5. The number of ketones is 1. The van der Waals surface area contributed by atoms with Crippen LogP contribution in [-0.4, -0.2) is 36.5 Å². The van der Waals surface area contributed by atoms with Gasteiger partial charge in [-0.05, 0) is 0 Å². The largest absolute Gasteiger partial charge is 0.319 e. The van der Waals surface area contributed by atoms with Crippen molar-refractivity contribution in [2.75, 3.05) is 13.7 Å². The molecule has 1 saturated heterocycles. The maximum absolute atomic E-state index is 11.0. The Labute approximate surface area is 64.0 Å². The zero-order valence-electron chi connectivity index (χ0n) is 6.24. The van der Waals surface area contributed by atoms with Crippen molar-refractivity contribution < 1.29 is 14.4 Å². The molecule has 1 heterocycles. The van der Waals surface area contributed by atoms with E-state index in [4.69, 9.17) is 5.73 Å². The van der Waals surface area contributed by atoms with Crippen LogP contribution in [-0.2, 0) is 14.4 Å². The molecule has 0 saturated carbocycles. The predicted octanol–water partition coefficient (Wildman–Crippen LogP) is -1.32. The summed E-state index contributed by atoms with van der Waals surface area (Å²) >= 11 is 0. The molecule has 0 aromatic heterocycles. The smallest absolute Gasteiger partial charge is 0.263 e. The second-order valence-electron chi connectivity index (χ2n) is 2.41. The molecule has 1 aliphatic heterocycles. The summed E-state index contributed by atoms with van der Waals surface area (Å²) in [6.07, 6.45) is 0.124. The highest BCUT2D eigenvalue weighted by Crippen LogP contribution is 2.06. The summed E-state index contributed by atoms with van der Waals surface area (Å²) in [7, 11) is 1.34. The molecule has 0 aromatic rings. The van der Waals surface area contributed by atoms with Crippen LogP contribution in [0.4, 0.5) is 0 Å². The first-order chi connectivity index (χ1) is 5.15. The number of rotatable bonds is 1. The van der Waals surface area contributed by atoms with Crippen molar-refractivity contribution in [2.45, 2.75) is 12.5 Å². The number of nitrogens with two attached hydrogens (primary N) is 1. The molecule has 5 nitrogen and oxygen atoms in total. The lowest BCUT2D eigenvalue weighted by molar-refractivity contribution is -0.184. The van der Waals surface area contributed by atoms with E-state index in [1.54, 1.807) is 0 Å². The number of carbonyl (C=O) groups excluding carboxylic acids is 2. The predicted molar refractivity (Wildman–Crippen MR) is 36.3 cm³/mol. The summed E-state index contributed by atoms with van der Waals surface area (Å²) in [5, 5.41) is 0.983. The first-order valence-electron chi connectivity index (χ1n) is 3.28. The third kappa shape index (κ3) is 1.55. The highest BCUT2D eigenvalue weighted by molar-refractivity contribution is 5.95. The molecular weight excluding hydrogens is 148 g/mol. The summed E-state index contributed by atoms with van der Waals surface area (Å²) < 4.78 is 0. The van der Waals surface area contributed by atoms with Crippen LogP contribution in [0.1, 0.15) is 6.42 Å². The van der Waals surface area contributed by atoms with Crippen LogP contribution in [0.5, 0.6) is 0 Å². The maximum Gasteiger partial charge on any atom is 0.263 e. The fourth-order valence-electron chi connectivity index (χ4n) is 0.975. The molecule has 2 N–H and O–H groups in total. The Morgan fingerprint density at radius 2 is 2.27 bits per heavy atom. The molecule has 1 amide bonds. The second-order valence-corrected chi connectivity index (χ2v) is 2.41. The van der Waals surface area contributed by atoms with Gasteiger partial charge in [-0.3, -0.25) is 14.4 Å². The van der Waals surface area contributed by atoms with Gasteiger partial charge in [-0.15, -0.1) is 0 Å². The molecule has 0 aliphatic carbocycles. The van der Waals surface area contributed by atoms with E-state index < -0.39 is 6.04 Å². The summed E-state index contributed by atoms with van der Waals surface area (Å²) in [5.41, 5.74) is 5.34. The van der Waals surface area contributed by atoms with Crippen molar-refractivity contribution in [3.63, 3.8) is 0 Å². The minimum Gasteiger partial charge on any atom is -0.319 e. The molecule has 62 valence electrons. The molecule has 0 bridgehead atoms. The second kappa shape index (κ2) is 2.98. The van der Waals surface area contributed by atoms with E-state index >= 15 is 0 Å². The Kier molecular flexibility index (Phi) is 2.21. The Hall–Kier alpha value is -0.940. The summed E-state index contributed by atoms with van der Waals surface area (Å²) in [6.45, 7) is 0.0169. The van der Waals surface area contributed by atoms with Crippen molar-refractivity contribution >= 4 is 11.7 Å². The van der Waals surface area contributed by atoms with Gasteiger partial charge in [0.1, 0.15) is 6.54 Å². The molecule has 1 unspecified atom stereocenters. The van der Waals surface area contributed by atoms with E-state index in [0.29, 0.717) is 0 Å². The highest BCUT2D eigenvalue weighted by Gasteiger charge is 2.30. The lowest BCUT2D eigenvalue weighted by Gasteiger charge is -2.26. The molecular formula is C6H10N2O3. The van der Waals surface area contributed by atoms with Gasteiger partial charge < -0.3 is 5.73 Å². The number of piperidine rings is 1. The standard InChI is InChI=1S/C6H10N2O3/c1-11-8-3-4(9)2-5(7)6(8)10/h5H,2-3,7H2,1H3. The van der Waals surface area contributed by atoms with Gasteiger partial charge in [-0.2, -0.15) is 0 Å². The Balaban J connectivity index is 2.66. The van der Waals surface area contributed by atoms with Gasteiger partial charge in [0.2, 0.25) is 0 Å². The average molecular weight is 158 g/mol. The van der Waals surface area contributed by atoms with Crippen molar-refractivity contribution in [3.05, 3.63) is 0 Å². The quantitative estimate of drug-likeness (QED) is 0.513. The monoisotopic (exact) mass is 158 g/mol. The summed E-state index contributed by atoms with van der Waals surface area (Å²) in [6, 6.07) is -0.726. The van der Waals surface area contributed by atoms with Gasteiger partial charge in [-0.1, -0.05) is 0 Å². The molecule has 0 radical (unpaired) electrons. The third-order valence-electron chi connectivity index (χ3n) is 1.55. The van der Waals surface area contributed by atoms with Crippen molar-refractivity contribution in [1.82, 2.24) is 5.06 Å². The molecule has 1 atom stereocenters. The van der Waals surface area contributed by atoms with Crippen molar-refractivity contribution in [2.24, 2.45) is 5.73 Å². The van der Waals surface area contributed by atoms with E-state index in [0.717, 1.165) is 5.06 Å². The van der Waals surface area contributed by atoms with E-state index in [1.807, 2.05) is 0 Å². The molecule has 0 spiro atoms. The minimum atomic E-state index is -0.726. The number of hydrogen-bond acceptors (Lipinski definition) is 4. The van der Waals surface area contributed by atoms with Crippen LogP contribution in [0.25, 0.3) is 0 Å². The molecule has 1 fully saturated rings. The van der Waals surface area contributed by atoms with Crippen LogP contribution in [0.15, 0.2) is 0 Å². The fourth-order valence-corrected chi connectivity index (χ4v) is 0.975. The SMILES string of the molecule is CON1CC(=O)CC(N)C1=O. The lowest BCUT2D eigenvalue weighted by atomic mass is 10.1. The number of amides is 1. The molecule has 11 heavy (non-hydrogen) atoms. The number of Topliss-reactive ketones (excluding diaryl/α,β-unsaturated/α-hetero) is 1. The van der Waals surface area contributed by atoms with E-state index in [-0.39, 0.29) is 24.7 Å². The first-order valence-corrected chi connectivity index (χ1v) is 3.28. The molecule has 1 rings (SSSR count). The van der Waals surface area contributed by atoms with Crippen LogP contribution >= 0.6 is 0 Å². The third-order valence-corrected chi connectivity index (χ3v) is 1.55. The van der Waals surface area contributed by atoms with E-state index in [9.17, 15) is 9.59 Å². The number of hydrogen-bond donors (Lipinski definition) is 1. The van der Waals surface area contributed by atoms with E-state index in [2.05, 4.69) is 4.84 Å². The Morgan fingerprint density at radius 3 is 2.82 bits per heavy atom. The normalized spacial score (nSPS) is 26.0. The van der Waals surface area contributed by atoms with Crippen LogP contribution in [0.3, 0.4) is 0 Å². The molecule has 5 heteroatoms. The van der Waals surface area contributed by atoms with Gasteiger partial charge in [0.25, 0.3) is 5.91 Å². The topological polar surface area (TPSA) is 72.6 Å². The zero-order chi connectivity index (χ0) is 8.43. The Bertz CT molecular complexity index is 192. The van der Waals surface area contributed by atoms with Crippen LogP contribution in [0.2, 0.25) is 0 Å². The van der Waals surface area contributed by atoms with Crippen LogP contribution < -0.4 is 5.73 Å². The van der Waals surface area contributed by atoms with Crippen molar-refractivity contribution in [1.29, 1.82) is 0 Å². The van der Waals surface area contributed by atoms with Gasteiger partial charge in [-0.25, -0.2) is 5.06 Å². The lowest BCUT2D eigenvalue weighted by Crippen LogP contribution is -2.51. The molecule has 1 aliphatic rings. The highest BCUT2D eigenvalue weighted by atomic mass is 16.7.